The Bertz CT molecular complexity index is 1420. The molecule has 0 aliphatic rings. The quantitative estimate of drug-likeness (QED) is 0.299. The van der Waals surface area contributed by atoms with Crippen molar-refractivity contribution < 1.29 is 13.9 Å². The maximum absolute atomic E-state index is 13.8. The van der Waals surface area contributed by atoms with Gasteiger partial charge in [-0.1, -0.05) is 41.7 Å². The van der Waals surface area contributed by atoms with Gasteiger partial charge in [-0.3, -0.25) is 14.7 Å². The Kier molecular flexibility index (Phi) is 5.56. The van der Waals surface area contributed by atoms with Gasteiger partial charge in [0.05, 0.1) is 29.1 Å². The topological polar surface area (TPSA) is 68.5 Å². The number of rotatable bonds is 6. The number of nitrogens with zero attached hydrogens (tertiary/aromatic N) is 3. The Morgan fingerprint density at radius 3 is 2.70 bits per heavy atom. The fraction of sp³-hybridized carbons (Fsp3) is 0.192. The van der Waals surface area contributed by atoms with Crippen LogP contribution in [0, 0.1) is 13.8 Å². The molecule has 0 radical (unpaired) electrons. The molecule has 5 aromatic rings. The van der Waals surface area contributed by atoms with Gasteiger partial charge in [-0.15, -0.1) is 0 Å². The smallest absolute Gasteiger partial charge is 0.296 e. The molecular weight excluding hydrogens is 434 g/mol. The molecule has 2 aromatic carbocycles. The zero-order valence-electron chi connectivity index (χ0n) is 18.7. The van der Waals surface area contributed by atoms with E-state index in [4.69, 9.17) is 14.1 Å². The van der Waals surface area contributed by atoms with E-state index in [1.165, 1.54) is 11.3 Å². The molecule has 0 aliphatic heterocycles. The van der Waals surface area contributed by atoms with E-state index >= 15 is 0 Å². The number of pyridine rings is 1. The fourth-order valence-electron chi connectivity index (χ4n) is 3.79. The lowest BCUT2D eigenvalue weighted by atomic mass is 10.1. The summed E-state index contributed by atoms with van der Waals surface area (Å²) in [6.45, 7) is 6.81. The summed E-state index contributed by atoms with van der Waals surface area (Å²) in [5, 5.41) is 1.43. The first-order valence-electron chi connectivity index (χ1n) is 10.8. The molecule has 166 valence electrons. The SMILES string of the molecule is CCOc1cccc2cc(C(=O)N(Cc3ccccn3)c3nc4c(C)ccc(C)c4s3)oc12. The van der Waals surface area contributed by atoms with Gasteiger partial charge >= 0.3 is 0 Å². The number of carbonyl (C=O) groups is 1. The molecule has 0 fully saturated rings. The highest BCUT2D eigenvalue weighted by atomic mass is 32.1. The first-order chi connectivity index (χ1) is 16.0. The van der Waals surface area contributed by atoms with Gasteiger partial charge in [0.25, 0.3) is 5.91 Å². The predicted molar refractivity (Wildman–Crippen MR) is 131 cm³/mol. The average molecular weight is 458 g/mol. The molecule has 0 unspecified atom stereocenters. The van der Waals surface area contributed by atoms with Gasteiger partial charge in [-0.2, -0.15) is 0 Å². The van der Waals surface area contributed by atoms with Crippen molar-refractivity contribution in [2.45, 2.75) is 27.3 Å². The maximum atomic E-state index is 13.8. The molecule has 0 bridgehead atoms. The maximum Gasteiger partial charge on any atom is 0.296 e. The molecule has 0 N–H and O–H groups in total. The number of benzene rings is 2. The number of hydrogen-bond donors (Lipinski definition) is 0. The van der Waals surface area contributed by atoms with Crippen LogP contribution in [0.5, 0.6) is 5.75 Å². The van der Waals surface area contributed by atoms with Crippen LogP contribution in [0.2, 0.25) is 0 Å². The molecule has 33 heavy (non-hydrogen) atoms. The summed E-state index contributed by atoms with van der Waals surface area (Å²) in [7, 11) is 0. The number of amides is 1. The number of para-hydroxylation sites is 1. The van der Waals surface area contributed by atoms with E-state index in [0.717, 1.165) is 32.4 Å². The summed E-state index contributed by atoms with van der Waals surface area (Å²) >= 11 is 1.51. The molecule has 3 aromatic heterocycles. The first-order valence-corrected chi connectivity index (χ1v) is 11.6. The van der Waals surface area contributed by atoms with Crippen LogP contribution in [0.1, 0.15) is 34.3 Å². The highest BCUT2D eigenvalue weighted by Crippen LogP contribution is 2.35. The minimum absolute atomic E-state index is 0.237. The van der Waals surface area contributed by atoms with E-state index in [1.807, 2.05) is 50.2 Å². The Morgan fingerprint density at radius 1 is 1.09 bits per heavy atom. The molecule has 0 atom stereocenters. The molecule has 3 heterocycles. The van der Waals surface area contributed by atoms with E-state index in [1.54, 1.807) is 17.2 Å². The highest BCUT2D eigenvalue weighted by Gasteiger charge is 2.26. The summed E-state index contributed by atoms with van der Waals surface area (Å²) < 4.78 is 12.8. The zero-order valence-corrected chi connectivity index (χ0v) is 19.5. The van der Waals surface area contributed by atoms with Crippen molar-refractivity contribution in [2.75, 3.05) is 11.5 Å². The Labute approximate surface area is 195 Å². The molecule has 1 amide bonds. The van der Waals surface area contributed by atoms with Crippen LogP contribution in [0.15, 0.2) is 65.2 Å². The summed E-state index contributed by atoms with van der Waals surface area (Å²) in [6, 6.07) is 17.2. The second-order valence-corrected chi connectivity index (χ2v) is 8.78. The average Bonchev–Trinajstić information content (AvgIpc) is 3.47. The molecular formula is C26H23N3O3S. The van der Waals surface area contributed by atoms with Gasteiger partial charge in [-0.25, -0.2) is 4.98 Å². The monoisotopic (exact) mass is 457 g/mol. The molecule has 0 aliphatic carbocycles. The van der Waals surface area contributed by atoms with Gasteiger partial charge in [-0.05, 0) is 56.2 Å². The summed E-state index contributed by atoms with van der Waals surface area (Å²) in [5.74, 6) is 0.589. The second kappa shape index (κ2) is 8.67. The van der Waals surface area contributed by atoms with Crippen molar-refractivity contribution in [3.8, 4) is 5.75 Å². The van der Waals surface area contributed by atoms with Crippen LogP contribution in [0.3, 0.4) is 0 Å². The Morgan fingerprint density at radius 2 is 1.94 bits per heavy atom. The summed E-state index contributed by atoms with van der Waals surface area (Å²) in [6.07, 6.45) is 1.72. The van der Waals surface area contributed by atoms with Crippen molar-refractivity contribution in [2.24, 2.45) is 0 Å². The predicted octanol–water partition coefficient (Wildman–Crippen LogP) is 6.30. The lowest BCUT2D eigenvalue weighted by Crippen LogP contribution is -2.30. The van der Waals surface area contributed by atoms with Crippen LogP contribution in [-0.4, -0.2) is 22.5 Å². The van der Waals surface area contributed by atoms with Crippen LogP contribution in [0.25, 0.3) is 21.2 Å². The van der Waals surface area contributed by atoms with Crippen LogP contribution < -0.4 is 9.64 Å². The molecule has 6 nitrogen and oxygen atoms in total. The highest BCUT2D eigenvalue weighted by molar-refractivity contribution is 7.22. The Balaban J connectivity index is 1.61. The van der Waals surface area contributed by atoms with E-state index in [2.05, 4.69) is 24.0 Å². The van der Waals surface area contributed by atoms with Gasteiger partial charge < -0.3 is 9.15 Å². The zero-order chi connectivity index (χ0) is 22.9. The third kappa shape index (κ3) is 3.96. The van der Waals surface area contributed by atoms with E-state index in [-0.39, 0.29) is 18.2 Å². The molecule has 0 saturated carbocycles. The fourth-order valence-corrected chi connectivity index (χ4v) is 4.90. The number of thiazole rings is 1. The minimum atomic E-state index is -0.270. The van der Waals surface area contributed by atoms with Crippen molar-refractivity contribution in [3.05, 3.63) is 83.4 Å². The van der Waals surface area contributed by atoms with E-state index in [9.17, 15) is 4.79 Å². The third-order valence-electron chi connectivity index (χ3n) is 5.47. The van der Waals surface area contributed by atoms with Crippen LogP contribution in [0.4, 0.5) is 5.13 Å². The lowest BCUT2D eigenvalue weighted by molar-refractivity contribution is 0.0960. The molecule has 0 spiro atoms. The van der Waals surface area contributed by atoms with E-state index in [0.29, 0.717) is 23.1 Å². The van der Waals surface area contributed by atoms with Crippen molar-refractivity contribution in [3.63, 3.8) is 0 Å². The number of carbonyl (C=O) groups excluding carboxylic acids is 1. The second-order valence-electron chi connectivity index (χ2n) is 7.80. The lowest BCUT2D eigenvalue weighted by Gasteiger charge is -2.18. The first kappa shape index (κ1) is 21.2. The van der Waals surface area contributed by atoms with E-state index < -0.39 is 0 Å². The standard InChI is InChI=1S/C26H23N3O3S/c1-4-31-20-10-7-8-18-14-21(32-23(18)20)25(30)29(15-19-9-5-6-13-27-19)26-28-22-16(2)11-12-17(3)24(22)33-26/h5-14H,4,15H2,1-3H3. The number of hydrogen-bond acceptors (Lipinski definition) is 6. The number of aromatic nitrogens is 2. The van der Waals surface area contributed by atoms with Crippen LogP contribution >= 0.6 is 11.3 Å². The molecule has 5 rings (SSSR count). The summed E-state index contributed by atoms with van der Waals surface area (Å²) in [5.41, 5.74) is 4.46. The normalized spacial score (nSPS) is 11.2. The van der Waals surface area contributed by atoms with Crippen LogP contribution in [-0.2, 0) is 6.54 Å². The molecule has 7 heteroatoms. The number of aryl methyl sites for hydroxylation is 2. The minimum Gasteiger partial charge on any atom is -0.490 e. The number of fused-ring (bicyclic) bond motifs is 2. The largest absolute Gasteiger partial charge is 0.490 e. The molecule has 0 saturated heterocycles. The van der Waals surface area contributed by atoms with Gasteiger partial charge in [0.15, 0.2) is 22.2 Å². The van der Waals surface area contributed by atoms with Crippen molar-refractivity contribution in [1.82, 2.24) is 9.97 Å². The Hall–Kier alpha value is -3.71. The number of anilines is 1. The number of furan rings is 1. The van der Waals surface area contributed by atoms with Crippen molar-refractivity contribution in [1.29, 1.82) is 0 Å². The van der Waals surface area contributed by atoms with Gasteiger partial charge in [0.2, 0.25) is 0 Å². The van der Waals surface area contributed by atoms with Gasteiger partial charge in [0, 0.05) is 11.6 Å². The third-order valence-corrected chi connectivity index (χ3v) is 6.69. The number of ether oxygens (including phenoxy) is 1. The summed E-state index contributed by atoms with van der Waals surface area (Å²) in [4.78, 5) is 24.7. The van der Waals surface area contributed by atoms with Gasteiger partial charge in [0.1, 0.15) is 0 Å². The van der Waals surface area contributed by atoms with Crippen molar-refractivity contribution >= 4 is 43.6 Å².